The lowest BCUT2D eigenvalue weighted by Crippen LogP contribution is -2.45. The molecule has 0 aliphatic heterocycles. The number of nitro groups is 1. The van der Waals surface area contributed by atoms with E-state index in [1.165, 1.54) is 12.1 Å². The summed E-state index contributed by atoms with van der Waals surface area (Å²) in [5.41, 5.74) is 0.982. The number of hydrogen-bond acceptors (Lipinski definition) is 5. The van der Waals surface area contributed by atoms with Crippen molar-refractivity contribution >= 4 is 11.6 Å². The van der Waals surface area contributed by atoms with E-state index in [1.54, 1.807) is 18.4 Å². The molecule has 0 atom stereocenters. The summed E-state index contributed by atoms with van der Waals surface area (Å²) in [6.45, 7) is 11.4. The Labute approximate surface area is 172 Å². The molecule has 8 heteroatoms. The van der Waals surface area contributed by atoms with E-state index in [9.17, 15) is 10.1 Å². The van der Waals surface area contributed by atoms with Crippen LogP contribution in [-0.4, -0.2) is 41.0 Å². The van der Waals surface area contributed by atoms with E-state index >= 15 is 0 Å². The first-order chi connectivity index (χ1) is 13.9. The first-order valence-electron chi connectivity index (χ1n) is 9.90. The molecule has 2 rings (SSSR count). The van der Waals surface area contributed by atoms with Gasteiger partial charge >= 0.3 is 0 Å². The van der Waals surface area contributed by atoms with Crippen molar-refractivity contribution in [3.63, 3.8) is 0 Å². The topological polar surface area (TPSA) is 95.9 Å². The van der Waals surface area contributed by atoms with E-state index in [-0.39, 0.29) is 5.69 Å². The van der Waals surface area contributed by atoms with E-state index in [0.717, 1.165) is 24.4 Å². The Balaban J connectivity index is 1.99. The summed E-state index contributed by atoms with van der Waals surface area (Å²) < 4.78 is 5.37. The molecule has 0 saturated heterocycles. The molecule has 0 saturated carbocycles. The Bertz CT molecular complexity index is 762. The van der Waals surface area contributed by atoms with Crippen molar-refractivity contribution in [3.8, 4) is 0 Å². The third-order valence-electron chi connectivity index (χ3n) is 4.57. The van der Waals surface area contributed by atoms with Gasteiger partial charge in [0.15, 0.2) is 5.96 Å². The number of rotatable bonds is 10. The molecule has 0 aliphatic rings. The minimum atomic E-state index is -0.403. The molecule has 0 aliphatic carbocycles. The van der Waals surface area contributed by atoms with Gasteiger partial charge in [0.25, 0.3) is 5.69 Å². The first-order valence-corrected chi connectivity index (χ1v) is 9.90. The predicted octanol–water partition coefficient (Wildman–Crippen LogP) is 3.54. The molecule has 1 aromatic carbocycles. The lowest BCUT2D eigenvalue weighted by Gasteiger charge is -2.30. The summed E-state index contributed by atoms with van der Waals surface area (Å²) in [5.74, 6) is 1.49. The number of aliphatic imine (C=N–C) groups is 1. The summed E-state index contributed by atoms with van der Waals surface area (Å²) >= 11 is 0. The van der Waals surface area contributed by atoms with Gasteiger partial charge in [0.05, 0.1) is 24.3 Å². The number of guanidine groups is 1. The molecule has 2 N–H and O–H groups in total. The van der Waals surface area contributed by atoms with Crippen molar-refractivity contribution < 1.29 is 9.34 Å². The summed E-state index contributed by atoms with van der Waals surface area (Å²) in [6, 6.07) is 11.1. The Hall–Kier alpha value is -2.87. The number of hydrogen-bond donors (Lipinski definition) is 2. The number of nitrogens with zero attached hydrogens (tertiary/aromatic N) is 3. The number of benzene rings is 1. The zero-order chi connectivity index (χ0) is 21.2. The third-order valence-corrected chi connectivity index (χ3v) is 4.57. The lowest BCUT2D eigenvalue weighted by atomic mass is 10.2. The molecule has 2 aromatic rings. The van der Waals surface area contributed by atoms with Crippen molar-refractivity contribution in [2.24, 2.45) is 4.99 Å². The molecule has 0 amide bonds. The van der Waals surface area contributed by atoms with Crippen LogP contribution in [0, 0.1) is 10.1 Å². The van der Waals surface area contributed by atoms with Crippen molar-refractivity contribution in [1.82, 2.24) is 15.5 Å². The summed E-state index contributed by atoms with van der Waals surface area (Å²) in [7, 11) is 0. The van der Waals surface area contributed by atoms with Gasteiger partial charge in [-0.1, -0.05) is 12.1 Å². The van der Waals surface area contributed by atoms with Crippen LogP contribution >= 0.6 is 0 Å². The fourth-order valence-electron chi connectivity index (χ4n) is 3.07. The van der Waals surface area contributed by atoms with Crippen molar-refractivity contribution in [1.29, 1.82) is 0 Å². The Morgan fingerprint density at radius 2 is 1.83 bits per heavy atom. The van der Waals surface area contributed by atoms with Gasteiger partial charge in [-0.05, 0) is 45.4 Å². The lowest BCUT2D eigenvalue weighted by molar-refractivity contribution is -0.384. The van der Waals surface area contributed by atoms with Crippen LogP contribution in [0.5, 0.6) is 0 Å². The quantitative estimate of drug-likeness (QED) is 0.274. The smallest absolute Gasteiger partial charge is 0.269 e. The fourth-order valence-corrected chi connectivity index (χ4v) is 3.07. The molecule has 1 heterocycles. The Kier molecular flexibility index (Phi) is 8.67. The van der Waals surface area contributed by atoms with Gasteiger partial charge < -0.3 is 15.1 Å². The zero-order valence-electron chi connectivity index (χ0n) is 17.6. The number of nitrogens with one attached hydrogen (secondary N) is 2. The van der Waals surface area contributed by atoms with Crippen LogP contribution in [0.3, 0.4) is 0 Å². The molecule has 29 heavy (non-hydrogen) atoms. The van der Waals surface area contributed by atoms with Gasteiger partial charge in [0.1, 0.15) is 5.76 Å². The molecule has 1 aromatic heterocycles. The van der Waals surface area contributed by atoms with Crippen LogP contribution in [0.1, 0.15) is 39.0 Å². The number of furan rings is 1. The normalized spacial score (nSPS) is 12.0. The van der Waals surface area contributed by atoms with Gasteiger partial charge in [-0.3, -0.25) is 15.0 Å². The van der Waals surface area contributed by atoms with Gasteiger partial charge in [0, 0.05) is 37.3 Å². The zero-order valence-corrected chi connectivity index (χ0v) is 17.6. The van der Waals surface area contributed by atoms with E-state index in [4.69, 9.17) is 4.42 Å². The van der Waals surface area contributed by atoms with Crippen LogP contribution in [0.25, 0.3) is 0 Å². The van der Waals surface area contributed by atoms with Crippen molar-refractivity contribution in [3.05, 3.63) is 64.1 Å². The number of non-ortho nitro benzene ring substituents is 1. The van der Waals surface area contributed by atoms with Crippen LogP contribution in [0.15, 0.2) is 52.1 Å². The van der Waals surface area contributed by atoms with Crippen molar-refractivity contribution in [2.75, 3.05) is 13.1 Å². The van der Waals surface area contributed by atoms with Crippen LogP contribution in [0.2, 0.25) is 0 Å². The van der Waals surface area contributed by atoms with Crippen LogP contribution < -0.4 is 10.6 Å². The average molecular weight is 402 g/mol. The third kappa shape index (κ3) is 7.57. The average Bonchev–Trinajstić information content (AvgIpc) is 3.19. The molecule has 0 unspecified atom stereocenters. The first kappa shape index (κ1) is 22.4. The van der Waals surface area contributed by atoms with Gasteiger partial charge in [-0.2, -0.15) is 0 Å². The monoisotopic (exact) mass is 401 g/mol. The SMILES string of the molecule is CC(C)N(CCNC(=NCc1ccc([N+](=O)[O-])cc1)NCc1ccco1)C(C)C. The Morgan fingerprint density at radius 1 is 1.14 bits per heavy atom. The van der Waals surface area contributed by atoms with Crippen molar-refractivity contribution in [2.45, 2.75) is 52.9 Å². The Morgan fingerprint density at radius 3 is 2.38 bits per heavy atom. The molecule has 158 valence electrons. The van der Waals surface area contributed by atoms with Gasteiger partial charge in [-0.25, -0.2) is 4.99 Å². The fraction of sp³-hybridized carbons (Fsp3) is 0.476. The van der Waals surface area contributed by atoms with E-state index in [2.05, 4.69) is 48.2 Å². The minimum absolute atomic E-state index is 0.0782. The maximum atomic E-state index is 10.8. The molecule has 0 bridgehead atoms. The number of nitro benzene ring substituents is 1. The van der Waals surface area contributed by atoms with Crippen LogP contribution in [0.4, 0.5) is 5.69 Å². The molecular formula is C21H31N5O3. The van der Waals surface area contributed by atoms with Gasteiger partial charge in [-0.15, -0.1) is 0 Å². The maximum Gasteiger partial charge on any atom is 0.269 e. The standard InChI is InChI=1S/C21H31N5O3/c1-16(2)25(17(3)4)12-11-22-21(24-15-20-6-5-13-29-20)23-14-18-7-9-19(10-8-18)26(27)28/h5-10,13,16-17H,11-12,14-15H2,1-4H3,(H2,22,23,24). The van der Waals surface area contributed by atoms with Gasteiger partial charge in [0.2, 0.25) is 0 Å². The second-order valence-corrected chi connectivity index (χ2v) is 7.37. The summed E-state index contributed by atoms with van der Waals surface area (Å²) in [6.07, 6.45) is 1.64. The molecule has 0 fully saturated rings. The second kappa shape index (κ2) is 11.2. The molecular weight excluding hydrogens is 370 g/mol. The van der Waals surface area contributed by atoms with E-state index in [1.807, 2.05) is 12.1 Å². The highest BCUT2D eigenvalue weighted by Crippen LogP contribution is 2.12. The molecule has 0 radical (unpaired) electrons. The largest absolute Gasteiger partial charge is 0.467 e. The van der Waals surface area contributed by atoms with E-state index < -0.39 is 4.92 Å². The minimum Gasteiger partial charge on any atom is -0.467 e. The highest BCUT2D eigenvalue weighted by molar-refractivity contribution is 5.79. The van der Waals surface area contributed by atoms with E-state index in [0.29, 0.717) is 31.1 Å². The summed E-state index contributed by atoms with van der Waals surface area (Å²) in [4.78, 5) is 17.4. The second-order valence-electron chi connectivity index (χ2n) is 7.37. The van der Waals surface area contributed by atoms with Crippen LogP contribution in [-0.2, 0) is 13.1 Å². The highest BCUT2D eigenvalue weighted by atomic mass is 16.6. The highest BCUT2D eigenvalue weighted by Gasteiger charge is 2.13. The maximum absolute atomic E-state index is 10.8. The molecule has 8 nitrogen and oxygen atoms in total. The molecule has 0 spiro atoms. The predicted molar refractivity (Wildman–Crippen MR) is 115 cm³/mol. The summed E-state index contributed by atoms with van der Waals surface area (Å²) in [5, 5.41) is 17.4.